The summed E-state index contributed by atoms with van der Waals surface area (Å²) < 4.78 is 0. The van der Waals surface area contributed by atoms with Gasteiger partial charge in [0.2, 0.25) is 5.91 Å². The number of aliphatic hydroxyl groups excluding tert-OH is 1. The quantitative estimate of drug-likeness (QED) is 0.629. The molecule has 1 amide bonds. The van der Waals surface area contributed by atoms with Crippen molar-refractivity contribution in [2.45, 2.75) is 38.8 Å². The number of nitrogens with zero attached hydrogens (tertiary/aromatic N) is 1. The molecule has 1 saturated heterocycles. The van der Waals surface area contributed by atoms with E-state index in [1.165, 1.54) is 0 Å². The summed E-state index contributed by atoms with van der Waals surface area (Å²) in [5.41, 5.74) is 0. The predicted molar refractivity (Wildman–Crippen MR) is 42.1 cm³/mol. The third kappa shape index (κ3) is 1.71. The van der Waals surface area contributed by atoms with Crippen LogP contribution in [0.25, 0.3) is 0 Å². The Hall–Kier alpha value is -0.570. The van der Waals surface area contributed by atoms with Gasteiger partial charge >= 0.3 is 0 Å². The standard InChI is InChI=1S/C8H15NO2/c1-3-6(2)9-5-7(10)4-8(9)11/h6-7,10H,3-5H2,1-2H3. The summed E-state index contributed by atoms with van der Waals surface area (Å²) >= 11 is 0. The maximum Gasteiger partial charge on any atom is 0.225 e. The highest BCUT2D eigenvalue weighted by Crippen LogP contribution is 2.15. The largest absolute Gasteiger partial charge is 0.391 e. The first-order chi connectivity index (χ1) is 5.15. The molecule has 3 heteroatoms. The van der Waals surface area contributed by atoms with E-state index in [4.69, 9.17) is 5.11 Å². The number of likely N-dealkylation sites (tertiary alicyclic amines) is 1. The first kappa shape index (κ1) is 8.53. The van der Waals surface area contributed by atoms with Crippen LogP contribution in [-0.2, 0) is 4.79 Å². The van der Waals surface area contributed by atoms with Crippen molar-refractivity contribution in [2.24, 2.45) is 0 Å². The van der Waals surface area contributed by atoms with Crippen LogP contribution in [0.4, 0.5) is 0 Å². The lowest BCUT2D eigenvalue weighted by Crippen LogP contribution is -2.34. The second-order valence-electron chi connectivity index (χ2n) is 3.16. The molecule has 1 fully saturated rings. The maximum absolute atomic E-state index is 11.2. The smallest absolute Gasteiger partial charge is 0.225 e. The van der Waals surface area contributed by atoms with E-state index in [9.17, 15) is 4.79 Å². The highest BCUT2D eigenvalue weighted by Gasteiger charge is 2.30. The van der Waals surface area contributed by atoms with Crippen molar-refractivity contribution in [3.05, 3.63) is 0 Å². The summed E-state index contributed by atoms with van der Waals surface area (Å²) in [6, 6.07) is 0.277. The highest BCUT2D eigenvalue weighted by atomic mass is 16.3. The van der Waals surface area contributed by atoms with Crippen molar-refractivity contribution in [3.63, 3.8) is 0 Å². The van der Waals surface area contributed by atoms with Gasteiger partial charge in [0, 0.05) is 12.6 Å². The third-order valence-electron chi connectivity index (χ3n) is 2.26. The van der Waals surface area contributed by atoms with E-state index in [-0.39, 0.29) is 11.9 Å². The molecule has 2 atom stereocenters. The minimum absolute atomic E-state index is 0.0897. The predicted octanol–water partition coefficient (Wildman–Crippen LogP) is 0.378. The van der Waals surface area contributed by atoms with Crippen LogP contribution in [-0.4, -0.2) is 34.6 Å². The van der Waals surface area contributed by atoms with Crippen LogP contribution < -0.4 is 0 Å². The maximum atomic E-state index is 11.2. The summed E-state index contributed by atoms with van der Waals surface area (Å²) in [4.78, 5) is 12.9. The zero-order valence-corrected chi connectivity index (χ0v) is 7.08. The number of hydrogen-bond acceptors (Lipinski definition) is 2. The molecule has 0 aliphatic carbocycles. The molecule has 0 aromatic rings. The van der Waals surface area contributed by atoms with E-state index >= 15 is 0 Å². The Kier molecular flexibility index (Phi) is 2.49. The Balaban J connectivity index is 2.52. The number of hydrogen-bond donors (Lipinski definition) is 1. The molecular weight excluding hydrogens is 142 g/mol. The minimum atomic E-state index is -0.434. The van der Waals surface area contributed by atoms with Crippen molar-refractivity contribution in [1.82, 2.24) is 4.90 Å². The van der Waals surface area contributed by atoms with E-state index in [0.29, 0.717) is 13.0 Å². The number of β-amino-alcohol motifs (C(OH)–C–C–N with tert-alkyl or cyclic N) is 1. The van der Waals surface area contributed by atoms with Gasteiger partial charge in [0.25, 0.3) is 0 Å². The van der Waals surface area contributed by atoms with E-state index in [0.717, 1.165) is 6.42 Å². The SMILES string of the molecule is CCC(C)N1CC(O)CC1=O. The molecule has 64 valence electrons. The van der Waals surface area contributed by atoms with Gasteiger partial charge in [0.15, 0.2) is 0 Å². The van der Waals surface area contributed by atoms with Gasteiger partial charge in [-0.2, -0.15) is 0 Å². The van der Waals surface area contributed by atoms with Gasteiger partial charge in [-0.05, 0) is 13.3 Å². The monoisotopic (exact) mass is 157 g/mol. The molecule has 0 aromatic heterocycles. The average molecular weight is 157 g/mol. The molecule has 1 heterocycles. The number of aliphatic hydroxyl groups is 1. The lowest BCUT2D eigenvalue weighted by Gasteiger charge is -2.22. The molecule has 1 aliphatic heterocycles. The molecule has 2 unspecified atom stereocenters. The van der Waals surface area contributed by atoms with Crippen LogP contribution in [0.2, 0.25) is 0 Å². The third-order valence-corrected chi connectivity index (χ3v) is 2.26. The molecule has 1 rings (SSSR count). The van der Waals surface area contributed by atoms with Crippen molar-refractivity contribution in [1.29, 1.82) is 0 Å². The summed E-state index contributed by atoms with van der Waals surface area (Å²) in [5, 5.41) is 9.15. The second-order valence-corrected chi connectivity index (χ2v) is 3.16. The van der Waals surface area contributed by atoms with Gasteiger partial charge in [-0.3, -0.25) is 4.79 Å². The molecule has 1 N–H and O–H groups in total. The van der Waals surface area contributed by atoms with Crippen molar-refractivity contribution in [3.8, 4) is 0 Å². The molecular formula is C8H15NO2. The molecule has 0 aromatic carbocycles. The van der Waals surface area contributed by atoms with Gasteiger partial charge in [0.05, 0.1) is 12.5 Å². The van der Waals surface area contributed by atoms with Gasteiger partial charge in [-0.15, -0.1) is 0 Å². The number of carbonyl (C=O) groups is 1. The number of amides is 1. The van der Waals surface area contributed by atoms with E-state index < -0.39 is 6.10 Å². The normalized spacial score (nSPS) is 27.7. The van der Waals surface area contributed by atoms with Gasteiger partial charge < -0.3 is 10.0 Å². The Morgan fingerprint density at radius 2 is 2.45 bits per heavy atom. The lowest BCUT2D eigenvalue weighted by molar-refractivity contribution is -0.129. The summed E-state index contributed by atoms with van der Waals surface area (Å²) in [6.07, 6.45) is 0.833. The molecule has 0 spiro atoms. The lowest BCUT2D eigenvalue weighted by atomic mass is 10.2. The highest BCUT2D eigenvalue weighted by molar-refractivity contribution is 5.79. The van der Waals surface area contributed by atoms with Crippen molar-refractivity contribution in [2.75, 3.05) is 6.54 Å². The second kappa shape index (κ2) is 3.22. The molecule has 3 nitrogen and oxygen atoms in total. The summed E-state index contributed by atoms with van der Waals surface area (Å²) in [7, 11) is 0. The zero-order chi connectivity index (χ0) is 8.43. The Morgan fingerprint density at radius 1 is 1.82 bits per heavy atom. The fraction of sp³-hybridized carbons (Fsp3) is 0.875. The zero-order valence-electron chi connectivity index (χ0n) is 7.08. The van der Waals surface area contributed by atoms with Crippen LogP contribution in [0.15, 0.2) is 0 Å². The fourth-order valence-corrected chi connectivity index (χ4v) is 1.36. The van der Waals surface area contributed by atoms with Crippen LogP contribution in [0.5, 0.6) is 0 Å². The minimum Gasteiger partial charge on any atom is -0.391 e. The molecule has 0 bridgehead atoms. The average Bonchev–Trinajstić information content (AvgIpc) is 2.28. The van der Waals surface area contributed by atoms with Crippen LogP contribution >= 0.6 is 0 Å². The molecule has 0 radical (unpaired) electrons. The summed E-state index contributed by atoms with van der Waals surface area (Å²) in [6.45, 7) is 4.58. The van der Waals surface area contributed by atoms with E-state index in [2.05, 4.69) is 0 Å². The molecule has 11 heavy (non-hydrogen) atoms. The Morgan fingerprint density at radius 3 is 2.82 bits per heavy atom. The molecule has 1 aliphatic rings. The molecule has 0 saturated carbocycles. The first-order valence-electron chi connectivity index (χ1n) is 4.12. The van der Waals surface area contributed by atoms with Crippen molar-refractivity contribution < 1.29 is 9.90 Å². The topological polar surface area (TPSA) is 40.5 Å². The summed E-state index contributed by atoms with van der Waals surface area (Å²) in [5.74, 6) is 0.0897. The van der Waals surface area contributed by atoms with E-state index in [1.807, 2.05) is 13.8 Å². The van der Waals surface area contributed by atoms with Gasteiger partial charge in [-0.25, -0.2) is 0 Å². The number of carbonyl (C=O) groups excluding carboxylic acids is 1. The number of rotatable bonds is 2. The Labute approximate surface area is 67.0 Å². The van der Waals surface area contributed by atoms with Crippen LogP contribution in [0.1, 0.15) is 26.7 Å². The first-order valence-corrected chi connectivity index (χ1v) is 4.12. The van der Waals surface area contributed by atoms with Crippen LogP contribution in [0.3, 0.4) is 0 Å². The van der Waals surface area contributed by atoms with E-state index in [1.54, 1.807) is 4.90 Å². The van der Waals surface area contributed by atoms with Gasteiger partial charge in [0.1, 0.15) is 0 Å². The van der Waals surface area contributed by atoms with Crippen LogP contribution in [0, 0.1) is 0 Å². The van der Waals surface area contributed by atoms with Crippen molar-refractivity contribution >= 4 is 5.91 Å². The van der Waals surface area contributed by atoms with Gasteiger partial charge in [-0.1, -0.05) is 6.92 Å². The fourth-order valence-electron chi connectivity index (χ4n) is 1.36. The Bertz CT molecular complexity index is 158.